The minimum atomic E-state index is 0.332. The summed E-state index contributed by atoms with van der Waals surface area (Å²) in [5.74, 6) is 0.747. The van der Waals surface area contributed by atoms with E-state index in [9.17, 15) is 0 Å². The molecule has 0 saturated heterocycles. The second kappa shape index (κ2) is 4.48. The second-order valence-corrected chi connectivity index (χ2v) is 5.23. The third kappa shape index (κ3) is 2.01. The summed E-state index contributed by atoms with van der Waals surface area (Å²) >= 11 is 0. The van der Waals surface area contributed by atoms with Crippen molar-refractivity contribution in [3.05, 3.63) is 35.2 Å². The van der Waals surface area contributed by atoms with E-state index >= 15 is 0 Å². The summed E-state index contributed by atoms with van der Waals surface area (Å²) in [5.41, 5.74) is 12.0. The first-order valence-corrected chi connectivity index (χ1v) is 6.32. The lowest BCUT2D eigenvalue weighted by Gasteiger charge is -2.11. The highest BCUT2D eigenvalue weighted by atomic mass is 15.1. The van der Waals surface area contributed by atoms with Gasteiger partial charge in [0.2, 0.25) is 0 Å². The normalized spacial score (nSPS) is 11.2. The van der Waals surface area contributed by atoms with Crippen LogP contribution in [0.4, 0.5) is 5.82 Å². The number of imidazole rings is 1. The topological polar surface area (TPSA) is 43.8 Å². The molecular formula is C15H21N3. The van der Waals surface area contributed by atoms with E-state index in [4.69, 9.17) is 5.73 Å². The van der Waals surface area contributed by atoms with Crippen molar-refractivity contribution in [1.82, 2.24) is 9.55 Å². The molecule has 3 heteroatoms. The van der Waals surface area contributed by atoms with Gasteiger partial charge in [0.1, 0.15) is 11.5 Å². The van der Waals surface area contributed by atoms with Gasteiger partial charge in [0, 0.05) is 11.6 Å². The van der Waals surface area contributed by atoms with Crippen LogP contribution in [0.1, 0.15) is 36.6 Å². The van der Waals surface area contributed by atoms with Crippen LogP contribution in [0.25, 0.3) is 11.3 Å². The lowest BCUT2D eigenvalue weighted by Crippen LogP contribution is -2.04. The highest BCUT2D eigenvalue weighted by molar-refractivity contribution is 5.74. The Bertz CT molecular complexity index is 580. The number of nitrogens with two attached hydrogens (primary N) is 1. The molecule has 2 rings (SSSR count). The quantitative estimate of drug-likeness (QED) is 0.875. The molecule has 96 valence electrons. The van der Waals surface area contributed by atoms with Crippen LogP contribution in [0.15, 0.2) is 18.5 Å². The molecule has 0 aliphatic rings. The summed E-state index contributed by atoms with van der Waals surface area (Å²) in [4.78, 5) is 4.48. The lowest BCUT2D eigenvalue weighted by molar-refractivity contribution is 0.607. The highest BCUT2D eigenvalue weighted by Crippen LogP contribution is 2.30. The van der Waals surface area contributed by atoms with E-state index < -0.39 is 0 Å². The maximum Gasteiger partial charge on any atom is 0.131 e. The van der Waals surface area contributed by atoms with E-state index in [2.05, 4.69) is 51.7 Å². The van der Waals surface area contributed by atoms with Gasteiger partial charge in [-0.2, -0.15) is 0 Å². The summed E-state index contributed by atoms with van der Waals surface area (Å²) in [7, 11) is 0. The van der Waals surface area contributed by atoms with Crippen molar-refractivity contribution in [1.29, 1.82) is 0 Å². The van der Waals surface area contributed by atoms with Gasteiger partial charge in [-0.15, -0.1) is 0 Å². The van der Waals surface area contributed by atoms with Gasteiger partial charge in [0.25, 0.3) is 0 Å². The molecule has 18 heavy (non-hydrogen) atoms. The fourth-order valence-electron chi connectivity index (χ4n) is 2.21. The van der Waals surface area contributed by atoms with Crippen molar-refractivity contribution in [2.24, 2.45) is 0 Å². The number of rotatable bonds is 2. The van der Waals surface area contributed by atoms with Gasteiger partial charge in [-0.25, -0.2) is 4.98 Å². The van der Waals surface area contributed by atoms with Crippen LogP contribution < -0.4 is 5.73 Å². The number of hydrogen-bond donors (Lipinski definition) is 1. The van der Waals surface area contributed by atoms with Crippen LogP contribution in [0.5, 0.6) is 0 Å². The Balaban J connectivity index is 2.59. The predicted molar refractivity (Wildman–Crippen MR) is 76.7 cm³/mol. The smallest absolute Gasteiger partial charge is 0.131 e. The first-order valence-electron chi connectivity index (χ1n) is 6.32. The van der Waals surface area contributed by atoms with Gasteiger partial charge in [-0.1, -0.05) is 6.07 Å². The van der Waals surface area contributed by atoms with Crippen LogP contribution in [0.2, 0.25) is 0 Å². The summed E-state index contributed by atoms with van der Waals surface area (Å²) in [6, 6.07) is 4.70. The van der Waals surface area contributed by atoms with Gasteiger partial charge >= 0.3 is 0 Å². The maximum atomic E-state index is 6.19. The molecule has 0 aliphatic carbocycles. The van der Waals surface area contributed by atoms with Crippen LogP contribution in [-0.4, -0.2) is 9.55 Å². The van der Waals surface area contributed by atoms with E-state index in [-0.39, 0.29) is 0 Å². The average molecular weight is 243 g/mol. The molecule has 0 radical (unpaired) electrons. The molecular weight excluding hydrogens is 222 g/mol. The molecule has 0 amide bonds. The second-order valence-electron chi connectivity index (χ2n) is 5.23. The molecule has 1 aromatic carbocycles. The molecule has 2 aromatic rings. The fourth-order valence-corrected chi connectivity index (χ4v) is 2.21. The van der Waals surface area contributed by atoms with Gasteiger partial charge in [-0.3, -0.25) is 0 Å². The molecule has 0 aliphatic heterocycles. The number of anilines is 1. The zero-order valence-corrected chi connectivity index (χ0v) is 11.8. The standard InChI is InChI=1S/C15H21N3/c1-9(2)18-8-17-14(15(18)16)13-7-11(4)10(3)6-12(13)5/h6-9H,16H2,1-5H3. The number of aromatic nitrogens is 2. The summed E-state index contributed by atoms with van der Waals surface area (Å²) in [6.45, 7) is 10.6. The third-order valence-electron chi connectivity index (χ3n) is 3.48. The highest BCUT2D eigenvalue weighted by Gasteiger charge is 2.14. The minimum Gasteiger partial charge on any atom is -0.383 e. The molecule has 3 nitrogen and oxygen atoms in total. The van der Waals surface area contributed by atoms with Gasteiger partial charge in [0.05, 0.1) is 6.33 Å². The summed E-state index contributed by atoms with van der Waals surface area (Å²) in [5, 5.41) is 0. The van der Waals surface area contributed by atoms with Crippen molar-refractivity contribution in [2.75, 3.05) is 5.73 Å². The van der Waals surface area contributed by atoms with Crippen molar-refractivity contribution in [2.45, 2.75) is 40.7 Å². The van der Waals surface area contributed by atoms with Crippen LogP contribution in [0, 0.1) is 20.8 Å². The van der Waals surface area contributed by atoms with E-state index in [1.54, 1.807) is 0 Å². The van der Waals surface area contributed by atoms with E-state index in [0.717, 1.165) is 17.1 Å². The molecule has 1 aromatic heterocycles. The molecule has 0 saturated carbocycles. The summed E-state index contributed by atoms with van der Waals surface area (Å²) < 4.78 is 2.00. The Labute approximate surface area is 109 Å². The Morgan fingerprint density at radius 2 is 1.67 bits per heavy atom. The van der Waals surface area contributed by atoms with Crippen molar-refractivity contribution in [3.8, 4) is 11.3 Å². The number of nitrogen functional groups attached to an aromatic ring is 1. The van der Waals surface area contributed by atoms with Crippen molar-refractivity contribution < 1.29 is 0 Å². The van der Waals surface area contributed by atoms with Crippen molar-refractivity contribution in [3.63, 3.8) is 0 Å². The number of aryl methyl sites for hydroxylation is 3. The van der Waals surface area contributed by atoms with E-state index in [1.807, 2.05) is 10.9 Å². The van der Waals surface area contributed by atoms with Crippen LogP contribution in [0.3, 0.4) is 0 Å². The monoisotopic (exact) mass is 243 g/mol. The first kappa shape index (κ1) is 12.7. The SMILES string of the molecule is Cc1cc(C)c(-c2ncn(C(C)C)c2N)cc1C. The average Bonchev–Trinajstić information content (AvgIpc) is 2.66. The molecule has 0 bridgehead atoms. The summed E-state index contributed by atoms with van der Waals surface area (Å²) in [6.07, 6.45) is 1.82. The Hall–Kier alpha value is -1.77. The largest absolute Gasteiger partial charge is 0.383 e. The minimum absolute atomic E-state index is 0.332. The zero-order chi connectivity index (χ0) is 13.4. The molecule has 0 fully saturated rings. The van der Waals surface area contributed by atoms with E-state index in [1.165, 1.54) is 16.7 Å². The lowest BCUT2D eigenvalue weighted by atomic mass is 9.99. The molecule has 1 heterocycles. The molecule has 0 atom stereocenters. The van der Waals surface area contributed by atoms with Crippen molar-refractivity contribution >= 4 is 5.82 Å². The molecule has 2 N–H and O–H groups in total. The Kier molecular flexibility index (Phi) is 3.16. The van der Waals surface area contributed by atoms with Gasteiger partial charge in [-0.05, 0) is 57.4 Å². The fraction of sp³-hybridized carbons (Fsp3) is 0.400. The Morgan fingerprint density at radius 1 is 1.06 bits per heavy atom. The van der Waals surface area contributed by atoms with E-state index in [0.29, 0.717) is 6.04 Å². The third-order valence-corrected chi connectivity index (χ3v) is 3.48. The number of hydrogen-bond acceptors (Lipinski definition) is 2. The van der Waals surface area contributed by atoms with Gasteiger partial charge in [0.15, 0.2) is 0 Å². The zero-order valence-electron chi connectivity index (χ0n) is 11.8. The number of benzene rings is 1. The number of nitrogens with zero attached hydrogens (tertiary/aromatic N) is 2. The van der Waals surface area contributed by atoms with Gasteiger partial charge < -0.3 is 10.3 Å². The molecule has 0 spiro atoms. The maximum absolute atomic E-state index is 6.19. The predicted octanol–water partition coefficient (Wildman–Crippen LogP) is 3.64. The Morgan fingerprint density at radius 3 is 2.22 bits per heavy atom. The first-order chi connectivity index (χ1) is 8.41. The molecule has 0 unspecified atom stereocenters. The van der Waals surface area contributed by atoms with Crippen LogP contribution >= 0.6 is 0 Å². The van der Waals surface area contributed by atoms with Crippen LogP contribution in [-0.2, 0) is 0 Å².